The monoisotopic (exact) mass is 399 g/mol. The van der Waals surface area contributed by atoms with E-state index >= 15 is 0 Å². The lowest BCUT2D eigenvalue weighted by molar-refractivity contribution is -0.121. The summed E-state index contributed by atoms with van der Waals surface area (Å²) >= 11 is 1.29. The number of hydrogen-bond acceptors (Lipinski definition) is 6. The van der Waals surface area contributed by atoms with Gasteiger partial charge in [-0.2, -0.15) is 0 Å². The van der Waals surface area contributed by atoms with Crippen LogP contribution in [0.15, 0.2) is 39.9 Å². The maximum atomic E-state index is 12.6. The zero-order chi connectivity index (χ0) is 19.7. The Kier molecular flexibility index (Phi) is 4.99. The van der Waals surface area contributed by atoms with Gasteiger partial charge in [0.2, 0.25) is 5.91 Å². The fourth-order valence-corrected chi connectivity index (χ4v) is 4.41. The highest BCUT2D eigenvalue weighted by Crippen LogP contribution is 2.28. The van der Waals surface area contributed by atoms with Crippen LogP contribution in [0.2, 0.25) is 0 Å². The molecule has 0 bridgehead atoms. The Morgan fingerprint density at radius 1 is 1.18 bits per heavy atom. The van der Waals surface area contributed by atoms with E-state index in [1.165, 1.54) is 23.0 Å². The van der Waals surface area contributed by atoms with Crippen LogP contribution < -0.4 is 21.5 Å². The number of rotatable bonds is 5. The van der Waals surface area contributed by atoms with Crippen molar-refractivity contribution in [1.29, 1.82) is 0 Å². The number of nitrogens with zero attached hydrogens (tertiary/aromatic N) is 4. The van der Waals surface area contributed by atoms with Gasteiger partial charge in [0.25, 0.3) is 5.56 Å². The van der Waals surface area contributed by atoms with Crippen molar-refractivity contribution in [1.82, 2.24) is 19.4 Å². The number of aromatic nitrogens is 3. The minimum absolute atomic E-state index is 0.181. The summed E-state index contributed by atoms with van der Waals surface area (Å²) in [6.07, 6.45) is 2.17. The molecule has 8 nitrogen and oxygen atoms in total. The van der Waals surface area contributed by atoms with Crippen molar-refractivity contribution in [3.8, 4) is 0 Å². The second-order valence-electron chi connectivity index (χ2n) is 6.84. The van der Waals surface area contributed by atoms with Gasteiger partial charge in [-0.25, -0.2) is 9.78 Å². The van der Waals surface area contributed by atoms with Gasteiger partial charge in [-0.15, -0.1) is 0 Å². The van der Waals surface area contributed by atoms with Gasteiger partial charge >= 0.3 is 5.69 Å². The van der Waals surface area contributed by atoms with Crippen LogP contribution in [0.5, 0.6) is 0 Å². The highest BCUT2D eigenvalue weighted by molar-refractivity contribution is 7.22. The van der Waals surface area contributed by atoms with E-state index in [0.717, 1.165) is 41.2 Å². The Bertz CT molecular complexity index is 1130. The number of carbonyl (C=O) groups excluding carboxylic acids is 1. The Morgan fingerprint density at radius 2 is 1.89 bits per heavy atom. The molecule has 0 saturated carbocycles. The van der Waals surface area contributed by atoms with Gasteiger partial charge in [-0.1, -0.05) is 41.7 Å². The predicted molar refractivity (Wildman–Crippen MR) is 109 cm³/mol. The molecule has 1 aliphatic rings. The molecule has 1 aromatic carbocycles. The number of hydrogen-bond donors (Lipinski definition) is 1. The molecule has 1 aliphatic heterocycles. The van der Waals surface area contributed by atoms with Gasteiger partial charge in [-0.05, 0) is 18.4 Å². The van der Waals surface area contributed by atoms with Gasteiger partial charge in [0.1, 0.15) is 11.2 Å². The molecule has 3 aromatic rings. The first-order valence-electron chi connectivity index (χ1n) is 9.20. The number of amides is 1. The van der Waals surface area contributed by atoms with Crippen LogP contribution in [-0.4, -0.2) is 33.1 Å². The Hall–Kier alpha value is -2.94. The molecule has 1 saturated heterocycles. The summed E-state index contributed by atoms with van der Waals surface area (Å²) in [5.41, 5.74) is 0.350. The number of fused-ring (bicyclic) bond motifs is 1. The van der Waals surface area contributed by atoms with E-state index in [1.807, 2.05) is 30.3 Å². The molecule has 1 N–H and O–H groups in total. The summed E-state index contributed by atoms with van der Waals surface area (Å²) < 4.78 is 2.73. The molecule has 0 spiro atoms. The van der Waals surface area contributed by atoms with Gasteiger partial charge in [-0.3, -0.25) is 18.7 Å². The predicted octanol–water partition coefficient (Wildman–Crippen LogP) is 1.07. The maximum Gasteiger partial charge on any atom is 0.332 e. The number of anilines is 1. The Labute approximate surface area is 165 Å². The first-order valence-corrected chi connectivity index (χ1v) is 10.0. The fraction of sp³-hybridized carbons (Fsp3) is 0.368. The molecular formula is C19H21N5O3S. The second-order valence-corrected chi connectivity index (χ2v) is 7.82. The van der Waals surface area contributed by atoms with Gasteiger partial charge < -0.3 is 10.2 Å². The van der Waals surface area contributed by atoms with Crippen molar-refractivity contribution in [2.24, 2.45) is 7.05 Å². The van der Waals surface area contributed by atoms with Crippen molar-refractivity contribution >= 4 is 32.7 Å². The van der Waals surface area contributed by atoms with Crippen LogP contribution in [0.25, 0.3) is 10.3 Å². The normalized spacial score (nSPS) is 14.0. The molecule has 0 aliphatic carbocycles. The van der Waals surface area contributed by atoms with E-state index in [1.54, 1.807) is 0 Å². The highest BCUT2D eigenvalue weighted by atomic mass is 32.1. The number of carbonyl (C=O) groups is 1. The zero-order valence-corrected chi connectivity index (χ0v) is 16.4. The van der Waals surface area contributed by atoms with E-state index in [4.69, 9.17) is 0 Å². The molecule has 3 heterocycles. The van der Waals surface area contributed by atoms with Crippen LogP contribution in [0, 0.1) is 0 Å². The molecule has 1 amide bonds. The van der Waals surface area contributed by atoms with Crippen molar-refractivity contribution in [3.05, 3.63) is 56.7 Å². The molecule has 28 heavy (non-hydrogen) atoms. The average Bonchev–Trinajstić information content (AvgIpc) is 3.38. The minimum Gasteiger partial charge on any atom is -0.350 e. The van der Waals surface area contributed by atoms with Gasteiger partial charge in [0.15, 0.2) is 10.8 Å². The number of benzene rings is 1. The number of thiazole rings is 1. The summed E-state index contributed by atoms with van der Waals surface area (Å²) in [6.45, 7) is 1.97. The molecule has 0 radical (unpaired) electrons. The smallest absolute Gasteiger partial charge is 0.332 e. The van der Waals surface area contributed by atoms with Crippen LogP contribution in [-0.2, 0) is 24.9 Å². The zero-order valence-electron chi connectivity index (χ0n) is 15.6. The molecule has 1 fully saturated rings. The van der Waals surface area contributed by atoms with Gasteiger partial charge in [0, 0.05) is 26.7 Å². The molecular weight excluding hydrogens is 378 g/mol. The van der Waals surface area contributed by atoms with E-state index < -0.39 is 5.69 Å². The molecule has 4 rings (SSSR count). The van der Waals surface area contributed by atoms with E-state index in [9.17, 15) is 14.4 Å². The molecule has 9 heteroatoms. The van der Waals surface area contributed by atoms with Crippen molar-refractivity contribution in [3.63, 3.8) is 0 Å². The SMILES string of the molecule is Cn1c(=O)c2sc(N3CCCC3)nc2n(CC(=O)NCc2ccccc2)c1=O. The summed E-state index contributed by atoms with van der Waals surface area (Å²) in [5, 5.41) is 3.54. The second kappa shape index (κ2) is 7.59. The van der Waals surface area contributed by atoms with Crippen molar-refractivity contribution in [2.75, 3.05) is 18.0 Å². The molecule has 0 atom stereocenters. The van der Waals surface area contributed by atoms with Crippen LogP contribution in [0.4, 0.5) is 5.13 Å². The largest absolute Gasteiger partial charge is 0.350 e. The quantitative estimate of drug-likeness (QED) is 0.693. The number of nitrogens with one attached hydrogen (secondary N) is 1. The van der Waals surface area contributed by atoms with Gasteiger partial charge in [0.05, 0.1) is 0 Å². The highest BCUT2D eigenvalue weighted by Gasteiger charge is 2.22. The van der Waals surface area contributed by atoms with Crippen LogP contribution in [0.1, 0.15) is 18.4 Å². The first-order chi connectivity index (χ1) is 13.5. The topological polar surface area (TPSA) is 89.2 Å². The lowest BCUT2D eigenvalue weighted by Gasteiger charge is -2.12. The third-order valence-electron chi connectivity index (χ3n) is 4.88. The lowest BCUT2D eigenvalue weighted by Crippen LogP contribution is -2.41. The van der Waals surface area contributed by atoms with Crippen LogP contribution >= 0.6 is 11.3 Å². The van der Waals surface area contributed by atoms with Crippen molar-refractivity contribution < 1.29 is 4.79 Å². The molecule has 146 valence electrons. The fourth-order valence-electron chi connectivity index (χ4n) is 3.32. The lowest BCUT2D eigenvalue weighted by atomic mass is 10.2. The summed E-state index contributed by atoms with van der Waals surface area (Å²) in [7, 11) is 1.43. The maximum absolute atomic E-state index is 12.6. The first kappa shape index (κ1) is 18.4. The van der Waals surface area contributed by atoms with Crippen molar-refractivity contribution in [2.45, 2.75) is 25.9 Å². The summed E-state index contributed by atoms with van der Waals surface area (Å²) in [6, 6.07) is 9.54. The summed E-state index contributed by atoms with van der Waals surface area (Å²) in [5.74, 6) is -0.304. The molecule has 0 unspecified atom stereocenters. The van der Waals surface area contributed by atoms with Crippen LogP contribution in [0.3, 0.4) is 0 Å². The standard InChI is InChI=1S/C19H21N5O3S/c1-22-17(26)15-16(21-18(28-15)23-9-5-6-10-23)24(19(22)27)12-14(25)20-11-13-7-3-2-4-8-13/h2-4,7-8H,5-6,9-12H2,1H3,(H,20,25). The van der Waals surface area contributed by atoms with E-state index in [0.29, 0.717) is 11.2 Å². The Morgan fingerprint density at radius 3 is 2.61 bits per heavy atom. The van der Waals surface area contributed by atoms with E-state index in [2.05, 4.69) is 15.2 Å². The third-order valence-corrected chi connectivity index (χ3v) is 5.97. The minimum atomic E-state index is -0.536. The molecule has 2 aromatic heterocycles. The summed E-state index contributed by atoms with van der Waals surface area (Å²) in [4.78, 5) is 44.3. The third kappa shape index (κ3) is 3.45. The van der Waals surface area contributed by atoms with E-state index in [-0.39, 0.29) is 23.7 Å². The average molecular weight is 399 g/mol. The Balaban J connectivity index is 1.64.